The Morgan fingerprint density at radius 1 is 1.17 bits per heavy atom. The molecule has 3 aliphatic rings. The Morgan fingerprint density at radius 3 is 2.42 bits per heavy atom. The van der Waals surface area contributed by atoms with Crippen LogP contribution < -0.4 is 9.47 Å². The van der Waals surface area contributed by atoms with E-state index in [1.807, 2.05) is 30.9 Å². The second kappa shape index (κ2) is 9.97. The first-order valence-electron chi connectivity index (χ1n) is 12.5. The maximum absolute atomic E-state index is 13.5. The van der Waals surface area contributed by atoms with Crippen LogP contribution in [0.3, 0.4) is 0 Å². The molecule has 8 nitrogen and oxygen atoms in total. The highest BCUT2D eigenvalue weighted by Crippen LogP contribution is 2.42. The highest BCUT2D eigenvalue weighted by atomic mass is 19.1. The highest BCUT2D eigenvalue weighted by Gasteiger charge is 2.51. The molecule has 3 aliphatic heterocycles. The fourth-order valence-electron chi connectivity index (χ4n) is 5.35. The van der Waals surface area contributed by atoms with Gasteiger partial charge in [0.15, 0.2) is 5.60 Å². The van der Waals surface area contributed by atoms with Crippen LogP contribution >= 0.6 is 0 Å². The molecular weight excluding hydrogens is 465 g/mol. The number of hydrogen-bond acceptors (Lipinski definition) is 7. The number of carboxylic acids is 1. The van der Waals surface area contributed by atoms with E-state index in [-0.39, 0.29) is 17.3 Å². The van der Waals surface area contributed by atoms with Crippen LogP contribution in [0.4, 0.5) is 4.39 Å². The molecule has 9 heteroatoms. The summed E-state index contributed by atoms with van der Waals surface area (Å²) in [6.45, 7) is 8.27. The molecule has 0 aromatic heterocycles. The van der Waals surface area contributed by atoms with Crippen molar-refractivity contribution >= 4 is 11.8 Å². The summed E-state index contributed by atoms with van der Waals surface area (Å²) in [5.41, 5.74) is 2.39. The van der Waals surface area contributed by atoms with Gasteiger partial charge in [-0.25, -0.2) is 4.39 Å². The third-order valence-electron chi connectivity index (χ3n) is 7.02. The molecule has 0 aliphatic carbocycles. The smallest absolute Gasteiger partial charge is 0.308 e. The first-order valence-corrected chi connectivity index (χ1v) is 12.5. The predicted molar refractivity (Wildman–Crippen MR) is 133 cm³/mol. The summed E-state index contributed by atoms with van der Waals surface area (Å²) >= 11 is 0. The van der Waals surface area contributed by atoms with E-state index in [1.54, 1.807) is 12.1 Å². The molecule has 192 valence electrons. The third kappa shape index (κ3) is 4.84. The van der Waals surface area contributed by atoms with E-state index < -0.39 is 5.97 Å². The summed E-state index contributed by atoms with van der Waals surface area (Å²) in [6.07, 6.45) is 1.35. The second-order valence-corrected chi connectivity index (χ2v) is 9.71. The first kappa shape index (κ1) is 24.4. The summed E-state index contributed by atoms with van der Waals surface area (Å²) in [4.78, 5) is 21.5. The van der Waals surface area contributed by atoms with Crippen LogP contribution in [0.25, 0.3) is 11.1 Å². The molecule has 0 bridgehead atoms. The lowest BCUT2D eigenvalue weighted by Gasteiger charge is -2.45. The molecule has 0 radical (unpaired) electrons. The van der Waals surface area contributed by atoms with Gasteiger partial charge in [0.1, 0.15) is 23.2 Å². The molecule has 0 amide bonds. The number of amidine groups is 1. The van der Waals surface area contributed by atoms with E-state index >= 15 is 0 Å². The van der Waals surface area contributed by atoms with Gasteiger partial charge in [-0.1, -0.05) is 17.3 Å². The number of carbonyl (C=O) groups is 1. The molecule has 1 spiro atoms. The molecule has 1 unspecified atom stereocenters. The summed E-state index contributed by atoms with van der Waals surface area (Å²) in [7, 11) is 0. The largest absolute Gasteiger partial charge is 0.493 e. The van der Waals surface area contributed by atoms with Crippen molar-refractivity contribution in [1.82, 2.24) is 9.80 Å². The van der Waals surface area contributed by atoms with Crippen molar-refractivity contribution < 1.29 is 28.6 Å². The van der Waals surface area contributed by atoms with Gasteiger partial charge in [0.25, 0.3) is 0 Å². The van der Waals surface area contributed by atoms with Gasteiger partial charge in [-0.15, -0.1) is 0 Å². The van der Waals surface area contributed by atoms with Crippen LogP contribution in [0.15, 0.2) is 41.6 Å². The predicted octanol–water partition coefficient (Wildman–Crippen LogP) is 3.98. The molecule has 0 saturated carbocycles. The normalized spacial score (nSPS) is 20.7. The van der Waals surface area contributed by atoms with Crippen LogP contribution in [-0.4, -0.2) is 71.7 Å². The lowest BCUT2D eigenvalue weighted by molar-refractivity contribution is -0.141. The van der Waals surface area contributed by atoms with E-state index in [4.69, 9.17) is 14.3 Å². The van der Waals surface area contributed by atoms with Gasteiger partial charge in [0.2, 0.25) is 0 Å². The molecule has 36 heavy (non-hydrogen) atoms. The van der Waals surface area contributed by atoms with Gasteiger partial charge >= 0.3 is 5.97 Å². The molecule has 5 rings (SSSR count). The number of nitrogens with zero attached hydrogens (tertiary/aromatic N) is 3. The minimum absolute atomic E-state index is 0.286. The Bertz CT molecular complexity index is 1120. The lowest BCUT2D eigenvalue weighted by atomic mass is 9.89. The molecule has 1 N–H and O–H groups in total. The van der Waals surface area contributed by atoms with Crippen molar-refractivity contribution in [2.45, 2.75) is 38.8 Å². The van der Waals surface area contributed by atoms with Crippen LogP contribution in [0.2, 0.25) is 0 Å². The SMILES string of the molecule is CCOc1cc(CN2CC3(CC(N4CCC(C(=O)O)C4)=NO3)C2)cc(OCC)c1-c1ccc(F)cc1. The number of aliphatic carboxylic acids is 1. The average Bonchev–Trinajstić information content (AvgIpc) is 3.48. The van der Waals surface area contributed by atoms with E-state index in [2.05, 4.69) is 10.1 Å². The van der Waals surface area contributed by atoms with Crippen LogP contribution in [0.5, 0.6) is 11.5 Å². The zero-order valence-electron chi connectivity index (χ0n) is 20.7. The number of oxime groups is 1. The maximum Gasteiger partial charge on any atom is 0.308 e. The van der Waals surface area contributed by atoms with Gasteiger partial charge in [0.05, 0.1) is 31.1 Å². The molecular formula is C27H32FN3O5. The van der Waals surface area contributed by atoms with Gasteiger partial charge in [-0.3, -0.25) is 9.69 Å². The van der Waals surface area contributed by atoms with Crippen molar-refractivity contribution in [2.24, 2.45) is 11.1 Å². The minimum Gasteiger partial charge on any atom is -0.493 e. The standard InChI is InChI=1S/C27H32FN3O5/c1-3-34-22-11-18(12-23(35-4-2)25(22)19-5-7-21(28)8-6-19)14-30-16-27(17-30)13-24(29-36-27)31-10-9-20(15-31)26(32)33/h5-8,11-12,20H,3-4,9-10,13-17H2,1-2H3,(H,32,33). The topological polar surface area (TPSA) is 83.8 Å². The Kier molecular flexibility index (Phi) is 6.75. The number of likely N-dealkylation sites (tertiary alicyclic amines) is 2. The first-order chi connectivity index (χ1) is 17.4. The summed E-state index contributed by atoms with van der Waals surface area (Å²) in [5.74, 6) is 0.920. The van der Waals surface area contributed by atoms with E-state index in [0.717, 1.165) is 35.6 Å². The third-order valence-corrected chi connectivity index (χ3v) is 7.02. The fraction of sp³-hybridized carbons (Fsp3) is 0.481. The number of benzene rings is 2. The van der Waals surface area contributed by atoms with E-state index in [9.17, 15) is 14.3 Å². The molecule has 3 heterocycles. The average molecular weight is 498 g/mol. The van der Waals surface area contributed by atoms with E-state index in [1.165, 1.54) is 12.1 Å². The van der Waals surface area contributed by atoms with Gasteiger partial charge < -0.3 is 24.3 Å². The molecule has 2 aromatic rings. The van der Waals surface area contributed by atoms with Crippen molar-refractivity contribution in [1.29, 1.82) is 0 Å². The van der Waals surface area contributed by atoms with Gasteiger partial charge in [-0.05, 0) is 55.7 Å². The Balaban J connectivity index is 1.27. The Morgan fingerprint density at radius 2 is 1.83 bits per heavy atom. The molecule has 1 atom stereocenters. The number of halogens is 1. The number of carboxylic acid groups (broad SMARTS) is 1. The highest BCUT2D eigenvalue weighted by molar-refractivity contribution is 5.85. The Labute approximate surface area is 210 Å². The lowest BCUT2D eigenvalue weighted by Crippen LogP contribution is -2.61. The Hall–Kier alpha value is -3.33. The quantitative estimate of drug-likeness (QED) is 0.591. The molecule has 2 aromatic carbocycles. The zero-order valence-corrected chi connectivity index (χ0v) is 20.7. The number of ether oxygens (including phenoxy) is 2. The van der Waals surface area contributed by atoms with Crippen molar-refractivity contribution in [2.75, 3.05) is 39.4 Å². The fourth-order valence-corrected chi connectivity index (χ4v) is 5.35. The van der Waals surface area contributed by atoms with Gasteiger partial charge in [0, 0.05) is 32.7 Å². The van der Waals surface area contributed by atoms with Crippen molar-refractivity contribution in [3.63, 3.8) is 0 Å². The van der Waals surface area contributed by atoms with Crippen molar-refractivity contribution in [3.8, 4) is 22.6 Å². The van der Waals surface area contributed by atoms with E-state index in [0.29, 0.717) is 57.2 Å². The van der Waals surface area contributed by atoms with Crippen LogP contribution in [0, 0.1) is 11.7 Å². The van der Waals surface area contributed by atoms with Gasteiger partial charge in [-0.2, -0.15) is 0 Å². The van der Waals surface area contributed by atoms with Crippen LogP contribution in [0.1, 0.15) is 32.3 Å². The summed E-state index contributed by atoms with van der Waals surface area (Å²) in [6, 6.07) is 10.4. The van der Waals surface area contributed by atoms with Crippen LogP contribution in [-0.2, 0) is 16.2 Å². The number of rotatable bonds is 8. The number of hydrogen-bond donors (Lipinski definition) is 1. The minimum atomic E-state index is -0.746. The monoisotopic (exact) mass is 497 g/mol. The molecule has 2 fully saturated rings. The zero-order chi connectivity index (χ0) is 25.3. The summed E-state index contributed by atoms with van der Waals surface area (Å²) < 4.78 is 25.5. The second-order valence-electron chi connectivity index (χ2n) is 9.71. The van der Waals surface area contributed by atoms with Crippen molar-refractivity contribution in [3.05, 3.63) is 47.8 Å². The molecule has 2 saturated heterocycles. The summed E-state index contributed by atoms with van der Waals surface area (Å²) in [5, 5.41) is 13.6. The maximum atomic E-state index is 13.5.